The third kappa shape index (κ3) is 6.16. The maximum absolute atomic E-state index is 12.6. The Balaban J connectivity index is 3.10. The fourth-order valence-corrected chi connectivity index (χ4v) is 4.50. The number of rotatable bonds is 5. The van der Waals surface area contributed by atoms with Gasteiger partial charge < -0.3 is 9.47 Å². The molecule has 154 valence electrons. The van der Waals surface area contributed by atoms with Crippen LogP contribution in [-0.4, -0.2) is 17.9 Å². The molecule has 1 fully saturated rings. The van der Waals surface area contributed by atoms with E-state index in [9.17, 15) is 4.79 Å². The van der Waals surface area contributed by atoms with Gasteiger partial charge >= 0.3 is 6.16 Å². The Labute approximate surface area is 162 Å². The van der Waals surface area contributed by atoms with Crippen molar-refractivity contribution in [2.75, 3.05) is 0 Å². The molecule has 1 rings (SSSR count). The Morgan fingerprint density at radius 2 is 1.54 bits per heavy atom. The van der Waals surface area contributed by atoms with Crippen molar-refractivity contribution in [3.8, 4) is 0 Å². The largest absolute Gasteiger partial charge is 0.509 e. The molecule has 2 atom stereocenters. The van der Waals surface area contributed by atoms with E-state index in [-0.39, 0.29) is 28.3 Å². The predicted octanol–water partition coefficient (Wildman–Crippen LogP) is 7.23. The SMILES string of the molecule is CCC(C)(C)C1CC(C)(C)CC(C)(C)CC1OC(=O)OC(C)(C)C(C)C. The van der Waals surface area contributed by atoms with E-state index in [1.807, 2.05) is 13.8 Å². The summed E-state index contributed by atoms with van der Waals surface area (Å²) in [4.78, 5) is 12.6. The molecule has 0 spiro atoms. The van der Waals surface area contributed by atoms with E-state index in [1.165, 1.54) is 0 Å². The molecule has 1 aliphatic carbocycles. The molecule has 0 aromatic carbocycles. The number of carbonyl (C=O) groups excluding carboxylic acids is 1. The van der Waals surface area contributed by atoms with E-state index in [1.54, 1.807) is 0 Å². The lowest BCUT2D eigenvalue weighted by Gasteiger charge is -2.41. The van der Waals surface area contributed by atoms with Crippen molar-refractivity contribution in [1.29, 1.82) is 0 Å². The molecule has 0 radical (unpaired) electrons. The number of hydrogen-bond donors (Lipinski definition) is 0. The molecule has 0 aromatic rings. The molecule has 0 aliphatic heterocycles. The second-order valence-corrected chi connectivity index (χ2v) is 11.6. The zero-order chi connectivity index (χ0) is 20.6. The van der Waals surface area contributed by atoms with Gasteiger partial charge in [0.25, 0.3) is 0 Å². The zero-order valence-electron chi connectivity index (χ0n) is 19.3. The molecule has 0 aromatic heterocycles. The minimum Gasteiger partial charge on any atom is -0.431 e. The van der Waals surface area contributed by atoms with E-state index in [4.69, 9.17) is 9.47 Å². The van der Waals surface area contributed by atoms with E-state index in [0.29, 0.717) is 5.92 Å². The highest BCUT2D eigenvalue weighted by molar-refractivity contribution is 5.61. The van der Waals surface area contributed by atoms with Crippen LogP contribution in [0.2, 0.25) is 0 Å². The van der Waals surface area contributed by atoms with Crippen LogP contribution >= 0.6 is 0 Å². The monoisotopic (exact) mass is 368 g/mol. The summed E-state index contributed by atoms with van der Waals surface area (Å²) in [7, 11) is 0. The van der Waals surface area contributed by atoms with Crippen molar-refractivity contribution in [2.24, 2.45) is 28.1 Å². The molecule has 26 heavy (non-hydrogen) atoms. The molecule has 0 saturated heterocycles. The Hall–Kier alpha value is -0.730. The summed E-state index contributed by atoms with van der Waals surface area (Å²) >= 11 is 0. The van der Waals surface area contributed by atoms with Gasteiger partial charge in [-0.1, -0.05) is 68.7 Å². The van der Waals surface area contributed by atoms with Gasteiger partial charge in [-0.15, -0.1) is 0 Å². The Morgan fingerprint density at radius 3 is 2.00 bits per heavy atom. The van der Waals surface area contributed by atoms with Gasteiger partial charge in [0.05, 0.1) is 0 Å². The Morgan fingerprint density at radius 1 is 1.04 bits per heavy atom. The van der Waals surface area contributed by atoms with Crippen molar-refractivity contribution in [3.63, 3.8) is 0 Å². The number of carbonyl (C=O) groups is 1. The molecule has 0 bridgehead atoms. The fourth-order valence-electron chi connectivity index (χ4n) is 4.50. The average molecular weight is 369 g/mol. The lowest BCUT2D eigenvalue weighted by Crippen LogP contribution is -2.41. The minimum atomic E-state index is -0.521. The minimum absolute atomic E-state index is 0.0998. The maximum atomic E-state index is 12.6. The van der Waals surface area contributed by atoms with Crippen molar-refractivity contribution in [1.82, 2.24) is 0 Å². The smallest absolute Gasteiger partial charge is 0.431 e. The van der Waals surface area contributed by atoms with Crippen LogP contribution in [0.4, 0.5) is 4.79 Å². The summed E-state index contributed by atoms with van der Waals surface area (Å²) in [5.74, 6) is 0.571. The normalized spacial score (nSPS) is 26.3. The van der Waals surface area contributed by atoms with Crippen molar-refractivity contribution >= 4 is 6.16 Å². The number of ether oxygens (including phenoxy) is 2. The molecule has 2 unspecified atom stereocenters. The second kappa shape index (κ2) is 7.72. The van der Waals surface area contributed by atoms with Gasteiger partial charge in [-0.2, -0.15) is 0 Å². The molecule has 1 saturated carbocycles. The quantitative estimate of drug-likeness (QED) is 0.379. The zero-order valence-corrected chi connectivity index (χ0v) is 19.3. The van der Waals surface area contributed by atoms with Gasteiger partial charge in [-0.25, -0.2) is 4.79 Å². The van der Waals surface area contributed by atoms with Crippen LogP contribution in [0.1, 0.15) is 102 Å². The van der Waals surface area contributed by atoms with Gasteiger partial charge in [-0.05, 0) is 55.3 Å². The van der Waals surface area contributed by atoms with E-state index < -0.39 is 11.8 Å². The predicted molar refractivity (Wildman–Crippen MR) is 109 cm³/mol. The molecular weight excluding hydrogens is 324 g/mol. The van der Waals surface area contributed by atoms with Gasteiger partial charge in [0, 0.05) is 5.92 Å². The van der Waals surface area contributed by atoms with Crippen LogP contribution in [0.5, 0.6) is 0 Å². The number of hydrogen-bond acceptors (Lipinski definition) is 3. The molecule has 0 heterocycles. The van der Waals surface area contributed by atoms with Gasteiger partial charge in [0.1, 0.15) is 11.7 Å². The van der Waals surface area contributed by atoms with E-state index in [0.717, 1.165) is 25.7 Å². The topological polar surface area (TPSA) is 35.5 Å². The third-order valence-electron chi connectivity index (χ3n) is 6.83. The molecule has 0 amide bonds. The highest BCUT2D eigenvalue weighted by atomic mass is 16.7. The lowest BCUT2D eigenvalue weighted by molar-refractivity contribution is -0.0813. The third-order valence-corrected chi connectivity index (χ3v) is 6.83. The molecule has 0 N–H and O–H groups in total. The maximum Gasteiger partial charge on any atom is 0.509 e. The van der Waals surface area contributed by atoms with Crippen LogP contribution in [0.25, 0.3) is 0 Å². The first-order valence-electron chi connectivity index (χ1n) is 10.4. The summed E-state index contributed by atoms with van der Waals surface area (Å²) in [6.45, 7) is 24.2. The van der Waals surface area contributed by atoms with Crippen LogP contribution in [0.15, 0.2) is 0 Å². The average Bonchev–Trinajstić information content (AvgIpc) is 2.50. The lowest BCUT2D eigenvalue weighted by atomic mass is 9.67. The second-order valence-electron chi connectivity index (χ2n) is 11.6. The Bertz CT molecular complexity index is 486. The molecule has 3 nitrogen and oxygen atoms in total. The molecular formula is C23H44O3. The standard InChI is InChI=1S/C23H44O3/c1-12-22(8,9)17-13-20(4,5)15-21(6,7)14-18(17)25-19(24)26-23(10,11)16(2)3/h16-18H,12-15H2,1-11H3. The summed E-state index contributed by atoms with van der Waals surface area (Å²) in [5.41, 5.74) is -0.0248. The van der Waals surface area contributed by atoms with Gasteiger partial charge in [0.15, 0.2) is 0 Å². The summed E-state index contributed by atoms with van der Waals surface area (Å²) in [5, 5.41) is 0. The summed E-state index contributed by atoms with van der Waals surface area (Å²) in [6, 6.07) is 0. The first kappa shape index (κ1) is 23.3. The highest BCUT2D eigenvalue weighted by Crippen LogP contribution is 2.52. The first-order chi connectivity index (χ1) is 11.5. The summed E-state index contributed by atoms with van der Waals surface area (Å²) < 4.78 is 11.7. The highest BCUT2D eigenvalue weighted by Gasteiger charge is 2.47. The Kier molecular flexibility index (Phi) is 6.92. The molecule has 1 aliphatic rings. The summed E-state index contributed by atoms with van der Waals surface area (Å²) in [6.07, 6.45) is 3.56. The van der Waals surface area contributed by atoms with E-state index >= 15 is 0 Å². The van der Waals surface area contributed by atoms with Crippen LogP contribution in [0, 0.1) is 28.1 Å². The van der Waals surface area contributed by atoms with Crippen molar-refractivity contribution in [2.45, 2.75) is 114 Å². The van der Waals surface area contributed by atoms with Crippen LogP contribution in [-0.2, 0) is 9.47 Å². The molecule has 3 heteroatoms. The van der Waals surface area contributed by atoms with Crippen molar-refractivity contribution in [3.05, 3.63) is 0 Å². The first-order valence-corrected chi connectivity index (χ1v) is 10.4. The van der Waals surface area contributed by atoms with Gasteiger partial charge in [-0.3, -0.25) is 0 Å². The van der Waals surface area contributed by atoms with Crippen LogP contribution < -0.4 is 0 Å². The van der Waals surface area contributed by atoms with E-state index in [2.05, 4.69) is 62.3 Å². The van der Waals surface area contributed by atoms with Crippen molar-refractivity contribution < 1.29 is 14.3 Å². The van der Waals surface area contributed by atoms with Gasteiger partial charge in [0.2, 0.25) is 0 Å². The van der Waals surface area contributed by atoms with Crippen LogP contribution in [0.3, 0.4) is 0 Å². The fraction of sp³-hybridized carbons (Fsp3) is 0.957.